The molecule has 1 N–H and O–H groups in total. The number of aliphatic hydroxyl groups excluding tert-OH is 1. The highest BCUT2D eigenvalue weighted by atomic mass is 35.5. The van der Waals surface area contributed by atoms with Gasteiger partial charge in [-0.3, -0.25) is 0 Å². The van der Waals surface area contributed by atoms with E-state index < -0.39 is 0 Å². The van der Waals surface area contributed by atoms with Crippen LogP contribution in [0.25, 0.3) is 0 Å². The van der Waals surface area contributed by atoms with Gasteiger partial charge in [-0.15, -0.1) is 0 Å². The third-order valence-corrected chi connectivity index (χ3v) is 3.71. The maximum absolute atomic E-state index is 9.05. The second kappa shape index (κ2) is 5.25. The Labute approximate surface area is 107 Å². The summed E-state index contributed by atoms with van der Waals surface area (Å²) >= 11 is 6.24. The van der Waals surface area contributed by atoms with Crippen molar-refractivity contribution in [2.75, 3.05) is 18.6 Å². The van der Waals surface area contributed by atoms with E-state index in [4.69, 9.17) is 21.4 Å². The number of anilines is 1. The lowest BCUT2D eigenvalue weighted by Crippen LogP contribution is -2.36. The number of halogens is 1. The summed E-state index contributed by atoms with van der Waals surface area (Å²) in [4.78, 5) is 2.17. The first-order chi connectivity index (χ1) is 8.13. The Bertz CT molecular complexity index is 397. The van der Waals surface area contributed by atoms with Crippen LogP contribution in [0.2, 0.25) is 5.02 Å². The molecular weight excluding hydrogens is 238 g/mol. The van der Waals surface area contributed by atoms with Crippen molar-refractivity contribution in [2.24, 2.45) is 0 Å². The predicted octanol–water partition coefficient (Wildman–Crippen LogP) is 2.45. The third-order valence-electron chi connectivity index (χ3n) is 3.41. The zero-order valence-electron chi connectivity index (χ0n) is 10.2. The van der Waals surface area contributed by atoms with Crippen LogP contribution in [-0.2, 0) is 11.3 Å². The van der Waals surface area contributed by atoms with E-state index in [0.29, 0.717) is 11.1 Å². The summed E-state index contributed by atoms with van der Waals surface area (Å²) in [6, 6.07) is 6.04. The first kappa shape index (κ1) is 12.7. The topological polar surface area (TPSA) is 32.7 Å². The number of aliphatic hydroxyl groups is 1. The summed E-state index contributed by atoms with van der Waals surface area (Å²) in [5.74, 6) is 0. The van der Waals surface area contributed by atoms with E-state index in [2.05, 4.69) is 11.8 Å². The van der Waals surface area contributed by atoms with Crippen molar-refractivity contribution < 1.29 is 9.84 Å². The van der Waals surface area contributed by atoms with Gasteiger partial charge in [0.25, 0.3) is 0 Å². The first-order valence-corrected chi connectivity index (χ1v) is 6.25. The van der Waals surface area contributed by atoms with E-state index in [0.717, 1.165) is 24.3 Å². The van der Waals surface area contributed by atoms with Gasteiger partial charge < -0.3 is 14.7 Å². The van der Waals surface area contributed by atoms with Crippen LogP contribution in [0.15, 0.2) is 18.2 Å². The lowest BCUT2D eigenvalue weighted by atomic mass is 10.1. The molecule has 2 atom stereocenters. The molecule has 0 bridgehead atoms. The van der Waals surface area contributed by atoms with Gasteiger partial charge in [0.1, 0.15) is 0 Å². The number of hydrogen-bond acceptors (Lipinski definition) is 3. The maximum Gasteiger partial charge on any atom is 0.0750 e. The van der Waals surface area contributed by atoms with Crippen LogP contribution in [0.5, 0.6) is 0 Å². The Balaban J connectivity index is 2.21. The molecule has 3 nitrogen and oxygen atoms in total. The van der Waals surface area contributed by atoms with E-state index in [1.807, 2.05) is 25.2 Å². The van der Waals surface area contributed by atoms with E-state index in [9.17, 15) is 0 Å². The molecule has 0 amide bonds. The Hall–Kier alpha value is -0.770. The van der Waals surface area contributed by atoms with Gasteiger partial charge in [0, 0.05) is 13.7 Å². The average Bonchev–Trinajstić information content (AvgIpc) is 2.74. The van der Waals surface area contributed by atoms with Gasteiger partial charge >= 0.3 is 0 Å². The minimum atomic E-state index is 0.0205. The zero-order chi connectivity index (χ0) is 12.4. The second-order valence-corrected chi connectivity index (χ2v) is 4.89. The minimum Gasteiger partial charge on any atom is -0.392 e. The highest BCUT2D eigenvalue weighted by Gasteiger charge is 2.28. The second-order valence-electron chi connectivity index (χ2n) is 4.49. The lowest BCUT2D eigenvalue weighted by Gasteiger charge is -2.29. The van der Waals surface area contributed by atoms with Gasteiger partial charge in [-0.25, -0.2) is 0 Å². The van der Waals surface area contributed by atoms with E-state index in [1.54, 1.807) is 0 Å². The molecule has 0 aliphatic carbocycles. The molecule has 1 saturated heterocycles. The van der Waals surface area contributed by atoms with E-state index in [-0.39, 0.29) is 12.7 Å². The molecule has 0 aromatic heterocycles. The molecular formula is C13H18ClNO2. The van der Waals surface area contributed by atoms with Gasteiger partial charge in [-0.05, 0) is 31.0 Å². The molecule has 2 rings (SSSR count). The highest BCUT2D eigenvalue weighted by molar-refractivity contribution is 6.33. The van der Waals surface area contributed by atoms with Crippen molar-refractivity contribution in [2.45, 2.75) is 32.1 Å². The van der Waals surface area contributed by atoms with Crippen LogP contribution in [-0.4, -0.2) is 30.9 Å². The fraction of sp³-hybridized carbons (Fsp3) is 0.538. The highest BCUT2D eigenvalue weighted by Crippen LogP contribution is 2.31. The van der Waals surface area contributed by atoms with Crippen molar-refractivity contribution in [3.05, 3.63) is 28.8 Å². The smallest absolute Gasteiger partial charge is 0.0750 e. The summed E-state index contributed by atoms with van der Waals surface area (Å²) in [7, 11) is 2.04. The number of nitrogens with zero attached hydrogens (tertiary/aromatic N) is 1. The molecule has 1 fully saturated rings. The fourth-order valence-corrected chi connectivity index (χ4v) is 2.68. The van der Waals surface area contributed by atoms with Crippen molar-refractivity contribution >= 4 is 17.3 Å². The number of likely N-dealkylation sites (N-methyl/N-ethyl adjacent to an activating group) is 1. The molecule has 4 heteroatoms. The Morgan fingerprint density at radius 3 is 2.82 bits per heavy atom. The van der Waals surface area contributed by atoms with Crippen LogP contribution in [0.1, 0.15) is 18.9 Å². The molecule has 1 aromatic rings. The van der Waals surface area contributed by atoms with Gasteiger partial charge in [-0.1, -0.05) is 17.7 Å². The van der Waals surface area contributed by atoms with Gasteiger partial charge in [0.15, 0.2) is 0 Å². The van der Waals surface area contributed by atoms with Crippen LogP contribution < -0.4 is 4.90 Å². The third kappa shape index (κ3) is 2.57. The Morgan fingerprint density at radius 1 is 1.53 bits per heavy atom. The summed E-state index contributed by atoms with van der Waals surface area (Å²) in [6.07, 6.45) is 1.25. The molecule has 0 saturated carbocycles. The van der Waals surface area contributed by atoms with Crippen LogP contribution in [0.3, 0.4) is 0 Å². The quantitative estimate of drug-likeness (QED) is 0.901. The molecule has 0 radical (unpaired) electrons. The summed E-state index contributed by atoms with van der Waals surface area (Å²) in [5, 5.41) is 9.73. The van der Waals surface area contributed by atoms with Gasteiger partial charge in [-0.2, -0.15) is 0 Å². The van der Waals surface area contributed by atoms with Crippen molar-refractivity contribution in [1.82, 2.24) is 0 Å². The van der Waals surface area contributed by atoms with Gasteiger partial charge in [0.05, 0.1) is 29.5 Å². The SMILES string of the molecule is CC1OCCC1N(C)c1ccc(CO)cc1Cl. The molecule has 94 valence electrons. The van der Waals surface area contributed by atoms with E-state index >= 15 is 0 Å². The number of rotatable bonds is 3. The fourth-order valence-electron chi connectivity index (χ4n) is 2.34. The Kier molecular flexibility index (Phi) is 3.92. The van der Waals surface area contributed by atoms with Crippen molar-refractivity contribution in [3.63, 3.8) is 0 Å². The molecule has 17 heavy (non-hydrogen) atoms. The standard InChI is InChI=1S/C13H18ClNO2/c1-9-12(5-6-17-9)15(2)13-4-3-10(8-16)7-11(13)14/h3-4,7,9,12,16H,5-6,8H2,1-2H3. The van der Waals surface area contributed by atoms with Crippen LogP contribution in [0.4, 0.5) is 5.69 Å². The zero-order valence-corrected chi connectivity index (χ0v) is 10.9. The van der Waals surface area contributed by atoms with Crippen molar-refractivity contribution in [3.8, 4) is 0 Å². The average molecular weight is 256 g/mol. The monoisotopic (exact) mass is 255 g/mol. The number of benzene rings is 1. The molecule has 1 heterocycles. The van der Waals surface area contributed by atoms with Crippen molar-refractivity contribution in [1.29, 1.82) is 0 Å². The number of ether oxygens (including phenoxy) is 1. The predicted molar refractivity (Wildman–Crippen MR) is 69.6 cm³/mol. The molecule has 1 aliphatic rings. The number of hydrogen-bond donors (Lipinski definition) is 1. The minimum absolute atomic E-state index is 0.0205. The molecule has 1 aliphatic heterocycles. The first-order valence-electron chi connectivity index (χ1n) is 5.87. The summed E-state index contributed by atoms with van der Waals surface area (Å²) < 4.78 is 5.57. The normalized spacial score (nSPS) is 24.0. The lowest BCUT2D eigenvalue weighted by molar-refractivity contribution is 0.118. The Morgan fingerprint density at radius 2 is 2.29 bits per heavy atom. The van der Waals surface area contributed by atoms with E-state index in [1.165, 1.54) is 0 Å². The maximum atomic E-state index is 9.05. The molecule has 1 aromatic carbocycles. The van der Waals surface area contributed by atoms with Crippen LogP contribution in [0, 0.1) is 0 Å². The van der Waals surface area contributed by atoms with Crippen LogP contribution >= 0.6 is 11.6 Å². The molecule has 0 spiro atoms. The summed E-state index contributed by atoms with van der Waals surface area (Å²) in [5.41, 5.74) is 1.83. The van der Waals surface area contributed by atoms with Gasteiger partial charge in [0.2, 0.25) is 0 Å². The summed E-state index contributed by atoms with van der Waals surface area (Å²) in [6.45, 7) is 2.92. The molecule has 2 unspecified atom stereocenters. The largest absolute Gasteiger partial charge is 0.392 e.